The van der Waals surface area contributed by atoms with Crippen LogP contribution in [0.5, 0.6) is 0 Å². The van der Waals surface area contributed by atoms with Gasteiger partial charge in [-0.05, 0) is 35.4 Å². The first-order chi connectivity index (χ1) is 7.83. The van der Waals surface area contributed by atoms with Crippen LogP contribution in [0.25, 0.3) is 22.2 Å². The lowest BCUT2D eigenvalue weighted by Crippen LogP contribution is -1.77. The molecule has 3 rings (SSSR count). The van der Waals surface area contributed by atoms with E-state index in [2.05, 4.69) is 4.98 Å². The average molecular weight is 230 g/mol. The van der Waals surface area contributed by atoms with E-state index >= 15 is 0 Å². The first-order valence-electron chi connectivity index (χ1n) is 4.92. The Hall–Kier alpha value is -1.80. The Bertz CT molecular complexity index is 645. The van der Waals surface area contributed by atoms with Gasteiger partial charge in [0.25, 0.3) is 0 Å². The highest BCUT2D eigenvalue weighted by Gasteiger charge is 2.02. The minimum Gasteiger partial charge on any atom is -0.443 e. The first-order valence-corrected chi connectivity index (χ1v) is 5.30. The van der Waals surface area contributed by atoms with Gasteiger partial charge in [0.2, 0.25) is 0 Å². The zero-order valence-corrected chi connectivity index (χ0v) is 9.11. The van der Waals surface area contributed by atoms with Crippen LogP contribution in [0.1, 0.15) is 0 Å². The molecular formula is C13H8ClNO. The molecule has 0 aliphatic rings. The third-order valence-corrected chi connectivity index (χ3v) is 2.72. The summed E-state index contributed by atoms with van der Waals surface area (Å²) in [7, 11) is 0. The van der Waals surface area contributed by atoms with E-state index in [1.54, 1.807) is 0 Å². The number of halogens is 1. The molecule has 0 bridgehead atoms. The standard InChI is InChI=1S/C13H8ClNO/c14-11-3-1-2-9(6-11)10-4-5-12-13(7-10)16-8-15-12/h1-8H. The van der Waals surface area contributed by atoms with Gasteiger partial charge in [0.15, 0.2) is 12.0 Å². The minimum atomic E-state index is 0.732. The van der Waals surface area contributed by atoms with Gasteiger partial charge in [-0.3, -0.25) is 0 Å². The summed E-state index contributed by atoms with van der Waals surface area (Å²) in [6, 6.07) is 13.7. The van der Waals surface area contributed by atoms with E-state index in [-0.39, 0.29) is 0 Å². The second kappa shape index (κ2) is 3.65. The molecule has 2 nitrogen and oxygen atoms in total. The lowest BCUT2D eigenvalue weighted by molar-refractivity contribution is 0.602. The molecule has 16 heavy (non-hydrogen) atoms. The van der Waals surface area contributed by atoms with E-state index in [1.807, 2.05) is 42.5 Å². The zero-order valence-electron chi connectivity index (χ0n) is 8.35. The number of fused-ring (bicyclic) bond motifs is 1. The van der Waals surface area contributed by atoms with Gasteiger partial charge in [0.05, 0.1) is 0 Å². The number of rotatable bonds is 1. The van der Waals surface area contributed by atoms with Gasteiger partial charge in [-0.25, -0.2) is 4.98 Å². The third-order valence-electron chi connectivity index (χ3n) is 2.49. The van der Waals surface area contributed by atoms with Crippen LogP contribution in [0.4, 0.5) is 0 Å². The highest BCUT2D eigenvalue weighted by molar-refractivity contribution is 6.30. The fourth-order valence-electron chi connectivity index (χ4n) is 1.70. The monoisotopic (exact) mass is 229 g/mol. The number of aromatic nitrogens is 1. The molecule has 1 aromatic heterocycles. The summed E-state index contributed by atoms with van der Waals surface area (Å²) in [4.78, 5) is 4.08. The van der Waals surface area contributed by atoms with E-state index < -0.39 is 0 Å². The van der Waals surface area contributed by atoms with Crippen LogP contribution in [0.3, 0.4) is 0 Å². The zero-order chi connectivity index (χ0) is 11.0. The van der Waals surface area contributed by atoms with Crippen molar-refractivity contribution in [3.63, 3.8) is 0 Å². The lowest BCUT2D eigenvalue weighted by Gasteiger charge is -2.01. The second-order valence-electron chi connectivity index (χ2n) is 3.55. The molecular weight excluding hydrogens is 222 g/mol. The Labute approximate surface area is 97.5 Å². The fraction of sp³-hybridized carbons (Fsp3) is 0. The molecule has 0 spiro atoms. The van der Waals surface area contributed by atoms with Crippen molar-refractivity contribution in [1.29, 1.82) is 0 Å². The molecule has 3 aromatic rings. The SMILES string of the molecule is Clc1cccc(-c2ccc3ncoc3c2)c1. The molecule has 78 valence electrons. The van der Waals surface area contributed by atoms with Gasteiger partial charge < -0.3 is 4.42 Å². The first kappa shape index (κ1) is 9.43. The molecule has 0 saturated carbocycles. The number of oxazole rings is 1. The van der Waals surface area contributed by atoms with Crippen LogP contribution < -0.4 is 0 Å². The smallest absolute Gasteiger partial charge is 0.181 e. The van der Waals surface area contributed by atoms with E-state index in [1.165, 1.54) is 6.39 Å². The quantitative estimate of drug-likeness (QED) is 0.627. The second-order valence-corrected chi connectivity index (χ2v) is 3.98. The molecule has 1 heterocycles. The van der Waals surface area contributed by atoms with Crippen molar-refractivity contribution in [3.05, 3.63) is 53.9 Å². The van der Waals surface area contributed by atoms with Gasteiger partial charge in [0.1, 0.15) is 5.52 Å². The molecule has 2 aromatic carbocycles. The summed E-state index contributed by atoms with van der Waals surface area (Å²) in [5, 5.41) is 0.732. The molecule has 0 aliphatic carbocycles. The molecule has 0 unspecified atom stereocenters. The van der Waals surface area contributed by atoms with Gasteiger partial charge in [-0.15, -0.1) is 0 Å². The molecule has 0 N–H and O–H groups in total. The normalized spacial score (nSPS) is 10.8. The summed E-state index contributed by atoms with van der Waals surface area (Å²) in [6.45, 7) is 0. The molecule has 0 atom stereocenters. The Morgan fingerprint density at radius 2 is 1.88 bits per heavy atom. The molecule has 3 heteroatoms. The van der Waals surface area contributed by atoms with Crippen molar-refractivity contribution in [1.82, 2.24) is 4.98 Å². The van der Waals surface area contributed by atoms with E-state index in [4.69, 9.17) is 16.0 Å². The largest absolute Gasteiger partial charge is 0.443 e. The number of hydrogen-bond donors (Lipinski definition) is 0. The van der Waals surface area contributed by atoms with Gasteiger partial charge in [-0.1, -0.05) is 29.8 Å². The van der Waals surface area contributed by atoms with Crippen LogP contribution in [-0.2, 0) is 0 Å². The molecule has 0 radical (unpaired) electrons. The highest BCUT2D eigenvalue weighted by atomic mass is 35.5. The summed E-state index contributed by atoms with van der Waals surface area (Å²) in [6.07, 6.45) is 1.45. The van der Waals surface area contributed by atoms with Crippen LogP contribution in [0.2, 0.25) is 5.02 Å². The topological polar surface area (TPSA) is 26.0 Å². The Morgan fingerprint density at radius 1 is 1.00 bits per heavy atom. The maximum atomic E-state index is 5.96. The molecule has 0 saturated heterocycles. The van der Waals surface area contributed by atoms with Crippen molar-refractivity contribution >= 4 is 22.7 Å². The van der Waals surface area contributed by atoms with Crippen LogP contribution in [0.15, 0.2) is 53.3 Å². The number of nitrogens with zero attached hydrogens (tertiary/aromatic N) is 1. The number of benzene rings is 2. The van der Waals surface area contributed by atoms with Crippen LogP contribution in [0, 0.1) is 0 Å². The Morgan fingerprint density at radius 3 is 2.75 bits per heavy atom. The molecule has 0 fully saturated rings. The lowest BCUT2D eigenvalue weighted by atomic mass is 10.1. The van der Waals surface area contributed by atoms with Crippen molar-refractivity contribution < 1.29 is 4.42 Å². The van der Waals surface area contributed by atoms with Crippen LogP contribution >= 0.6 is 11.6 Å². The Kier molecular flexibility index (Phi) is 2.15. The predicted molar refractivity (Wildman–Crippen MR) is 64.5 cm³/mol. The van der Waals surface area contributed by atoms with Crippen LogP contribution in [-0.4, -0.2) is 4.98 Å². The average Bonchev–Trinajstić information content (AvgIpc) is 2.75. The van der Waals surface area contributed by atoms with Gasteiger partial charge in [-0.2, -0.15) is 0 Å². The van der Waals surface area contributed by atoms with Crippen molar-refractivity contribution in [2.24, 2.45) is 0 Å². The maximum Gasteiger partial charge on any atom is 0.181 e. The molecule has 0 amide bonds. The van der Waals surface area contributed by atoms with Gasteiger partial charge >= 0.3 is 0 Å². The fourth-order valence-corrected chi connectivity index (χ4v) is 1.89. The Balaban J connectivity index is 2.18. The van der Waals surface area contributed by atoms with E-state index in [0.717, 1.165) is 27.2 Å². The van der Waals surface area contributed by atoms with E-state index in [0.29, 0.717) is 0 Å². The van der Waals surface area contributed by atoms with E-state index in [9.17, 15) is 0 Å². The highest BCUT2D eigenvalue weighted by Crippen LogP contribution is 2.25. The van der Waals surface area contributed by atoms with Crippen molar-refractivity contribution in [3.8, 4) is 11.1 Å². The summed E-state index contributed by atoms with van der Waals surface area (Å²) in [5.74, 6) is 0. The predicted octanol–water partition coefficient (Wildman–Crippen LogP) is 4.15. The summed E-state index contributed by atoms with van der Waals surface area (Å²) >= 11 is 5.96. The van der Waals surface area contributed by atoms with Gasteiger partial charge in [0, 0.05) is 5.02 Å². The summed E-state index contributed by atoms with van der Waals surface area (Å²) < 4.78 is 5.27. The van der Waals surface area contributed by atoms with Crippen molar-refractivity contribution in [2.45, 2.75) is 0 Å². The summed E-state index contributed by atoms with van der Waals surface area (Å²) in [5.41, 5.74) is 3.81. The third kappa shape index (κ3) is 1.57. The van der Waals surface area contributed by atoms with Crippen molar-refractivity contribution in [2.75, 3.05) is 0 Å². The minimum absolute atomic E-state index is 0.732. The number of hydrogen-bond acceptors (Lipinski definition) is 2. The molecule has 0 aliphatic heterocycles. The maximum absolute atomic E-state index is 5.96.